The third-order valence-electron chi connectivity index (χ3n) is 3.76. The third kappa shape index (κ3) is 3.46. The minimum Gasteiger partial charge on any atom is -0.508 e. The molecular weight excluding hydrogens is 234 g/mol. The van der Waals surface area contributed by atoms with Crippen molar-refractivity contribution in [2.45, 2.75) is 51.9 Å². The van der Waals surface area contributed by atoms with Crippen LogP contribution in [0, 0.1) is 0 Å². The minimum atomic E-state index is 0.288. The smallest absolute Gasteiger partial charge is 0.117 e. The molecular formula is C17H23NO. The summed E-state index contributed by atoms with van der Waals surface area (Å²) in [4.78, 5) is 4.73. The number of aromatic nitrogens is 1. The van der Waals surface area contributed by atoms with E-state index in [1.54, 1.807) is 12.1 Å². The molecule has 0 fully saturated rings. The molecule has 1 heterocycles. The fourth-order valence-electron chi connectivity index (χ4n) is 2.55. The Morgan fingerprint density at radius 3 is 2.63 bits per heavy atom. The van der Waals surface area contributed by atoms with E-state index in [1.807, 2.05) is 6.07 Å². The molecule has 1 atom stereocenters. The second kappa shape index (κ2) is 6.55. The number of hydrogen-bond donors (Lipinski definition) is 1. The molecule has 2 rings (SSSR count). The van der Waals surface area contributed by atoms with Gasteiger partial charge in [-0.3, -0.25) is 4.98 Å². The molecule has 2 nitrogen and oxygen atoms in total. The standard InChI is InChI=1S/C17H23NO/c1-3-5-6-7-13(4-2)16-11-9-14-8-10-15(19)12-17(14)18-16/h8-13,19H,3-7H2,1-2H3. The van der Waals surface area contributed by atoms with E-state index in [-0.39, 0.29) is 5.75 Å². The highest BCUT2D eigenvalue weighted by atomic mass is 16.3. The first-order valence-corrected chi connectivity index (χ1v) is 7.34. The highest BCUT2D eigenvalue weighted by Crippen LogP contribution is 2.27. The van der Waals surface area contributed by atoms with Gasteiger partial charge in [0.2, 0.25) is 0 Å². The predicted octanol–water partition coefficient (Wildman–Crippen LogP) is 5.01. The lowest BCUT2D eigenvalue weighted by Crippen LogP contribution is -2.00. The Kier molecular flexibility index (Phi) is 4.78. The number of fused-ring (bicyclic) bond motifs is 1. The maximum atomic E-state index is 9.55. The number of aromatic hydroxyl groups is 1. The van der Waals surface area contributed by atoms with E-state index in [9.17, 15) is 5.11 Å². The Bertz CT molecular complexity index is 536. The maximum Gasteiger partial charge on any atom is 0.117 e. The molecule has 0 spiro atoms. The van der Waals surface area contributed by atoms with Crippen molar-refractivity contribution in [1.29, 1.82) is 0 Å². The molecule has 1 N–H and O–H groups in total. The zero-order valence-corrected chi connectivity index (χ0v) is 11.9. The highest BCUT2D eigenvalue weighted by Gasteiger charge is 2.11. The molecule has 102 valence electrons. The fraction of sp³-hybridized carbons (Fsp3) is 0.471. The zero-order valence-electron chi connectivity index (χ0n) is 11.9. The number of pyridine rings is 1. The Morgan fingerprint density at radius 1 is 1.11 bits per heavy atom. The van der Waals surface area contributed by atoms with Crippen LogP contribution in [-0.4, -0.2) is 10.1 Å². The first-order chi connectivity index (χ1) is 9.24. The number of nitrogens with zero attached hydrogens (tertiary/aromatic N) is 1. The van der Waals surface area contributed by atoms with Crippen molar-refractivity contribution in [1.82, 2.24) is 4.98 Å². The van der Waals surface area contributed by atoms with Gasteiger partial charge in [0.15, 0.2) is 0 Å². The quantitative estimate of drug-likeness (QED) is 0.737. The van der Waals surface area contributed by atoms with E-state index in [0.717, 1.165) is 23.0 Å². The average molecular weight is 257 g/mol. The summed E-state index contributed by atoms with van der Waals surface area (Å²) in [5.74, 6) is 0.828. The van der Waals surface area contributed by atoms with Crippen LogP contribution in [0.5, 0.6) is 5.75 Å². The molecule has 0 amide bonds. The van der Waals surface area contributed by atoms with Crippen LogP contribution < -0.4 is 0 Å². The SMILES string of the molecule is CCCCCC(CC)c1ccc2ccc(O)cc2n1. The van der Waals surface area contributed by atoms with Crippen LogP contribution in [0.4, 0.5) is 0 Å². The zero-order chi connectivity index (χ0) is 13.7. The Morgan fingerprint density at radius 2 is 1.89 bits per heavy atom. The van der Waals surface area contributed by atoms with Crippen molar-refractivity contribution in [2.24, 2.45) is 0 Å². The summed E-state index contributed by atoms with van der Waals surface area (Å²) in [5.41, 5.74) is 2.06. The molecule has 0 radical (unpaired) electrons. The molecule has 0 aliphatic rings. The van der Waals surface area contributed by atoms with Crippen molar-refractivity contribution in [3.05, 3.63) is 36.0 Å². The van der Waals surface area contributed by atoms with Gasteiger partial charge in [0.05, 0.1) is 5.52 Å². The van der Waals surface area contributed by atoms with Gasteiger partial charge in [-0.1, -0.05) is 39.2 Å². The number of phenolic OH excluding ortho intramolecular Hbond substituents is 1. The van der Waals surface area contributed by atoms with Crippen LogP contribution in [0.15, 0.2) is 30.3 Å². The molecule has 0 saturated carbocycles. The van der Waals surface area contributed by atoms with Crippen molar-refractivity contribution in [2.75, 3.05) is 0 Å². The normalized spacial score (nSPS) is 12.7. The van der Waals surface area contributed by atoms with Gasteiger partial charge in [-0.15, -0.1) is 0 Å². The van der Waals surface area contributed by atoms with Gasteiger partial charge in [0.1, 0.15) is 5.75 Å². The van der Waals surface area contributed by atoms with Gasteiger partial charge in [-0.25, -0.2) is 0 Å². The summed E-state index contributed by atoms with van der Waals surface area (Å²) >= 11 is 0. The van der Waals surface area contributed by atoms with E-state index < -0.39 is 0 Å². The highest BCUT2D eigenvalue weighted by molar-refractivity contribution is 5.80. The van der Waals surface area contributed by atoms with Crippen LogP contribution in [0.1, 0.15) is 57.6 Å². The molecule has 1 unspecified atom stereocenters. The van der Waals surface area contributed by atoms with Crippen LogP contribution in [0.3, 0.4) is 0 Å². The fourth-order valence-corrected chi connectivity index (χ4v) is 2.55. The lowest BCUT2D eigenvalue weighted by Gasteiger charge is -2.14. The second-order valence-corrected chi connectivity index (χ2v) is 5.21. The number of hydrogen-bond acceptors (Lipinski definition) is 2. The predicted molar refractivity (Wildman–Crippen MR) is 80.6 cm³/mol. The van der Waals surface area contributed by atoms with Gasteiger partial charge in [-0.2, -0.15) is 0 Å². The maximum absolute atomic E-state index is 9.55. The largest absolute Gasteiger partial charge is 0.508 e. The van der Waals surface area contributed by atoms with Crippen LogP contribution in [-0.2, 0) is 0 Å². The second-order valence-electron chi connectivity index (χ2n) is 5.21. The molecule has 1 aromatic carbocycles. The molecule has 0 aliphatic carbocycles. The summed E-state index contributed by atoms with van der Waals surface area (Å²) < 4.78 is 0. The molecule has 2 heteroatoms. The number of benzene rings is 1. The van der Waals surface area contributed by atoms with Gasteiger partial charge >= 0.3 is 0 Å². The van der Waals surface area contributed by atoms with E-state index in [0.29, 0.717) is 5.92 Å². The molecule has 2 aromatic rings. The summed E-state index contributed by atoms with van der Waals surface area (Å²) in [7, 11) is 0. The van der Waals surface area contributed by atoms with Crippen LogP contribution in [0.2, 0.25) is 0 Å². The number of unbranched alkanes of at least 4 members (excludes halogenated alkanes) is 2. The van der Waals surface area contributed by atoms with E-state index in [2.05, 4.69) is 26.0 Å². The Labute approximate surface area is 115 Å². The summed E-state index contributed by atoms with van der Waals surface area (Å²) in [5, 5.41) is 10.6. The molecule has 0 bridgehead atoms. The average Bonchev–Trinajstić information content (AvgIpc) is 2.43. The topological polar surface area (TPSA) is 33.1 Å². The van der Waals surface area contributed by atoms with E-state index in [1.165, 1.54) is 25.7 Å². The van der Waals surface area contributed by atoms with Gasteiger partial charge in [-0.05, 0) is 31.0 Å². The molecule has 19 heavy (non-hydrogen) atoms. The van der Waals surface area contributed by atoms with E-state index in [4.69, 9.17) is 4.98 Å². The van der Waals surface area contributed by atoms with Crippen molar-refractivity contribution in [3.63, 3.8) is 0 Å². The molecule has 0 aliphatic heterocycles. The number of rotatable bonds is 6. The third-order valence-corrected chi connectivity index (χ3v) is 3.76. The van der Waals surface area contributed by atoms with Crippen LogP contribution >= 0.6 is 0 Å². The van der Waals surface area contributed by atoms with Crippen molar-refractivity contribution in [3.8, 4) is 5.75 Å². The first kappa shape index (κ1) is 13.9. The summed E-state index contributed by atoms with van der Waals surface area (Å²) in [6.07, 6.45) is 6.16. The van der Waals surface area contributed by atoms with Gasteiger partial charge < -0.3 is 5.11 Å². The molecule has 0 saturated heterocycles. The van der Waals surface area contributed by atoms with Gasteiger partial charge in [0, 0.05) is 23.1 Å². The lowest BCUT2D eigenvalue weighted by molar-refractivity contribution is 0.476. The van der Waals surface area contributed by atoms with Crippen molar-refractivity contribution >= 4 is 10.9 Å². The lowest BCUT2D eigenvalue weighted by atomic mass is 9.94. The monoisotopic (exact) mass is 257 g/mol. The Hall–Kier alpha value is -1.57. The minimum absolute atomic E-state index is 0.288. The van der Waals surface area contributed by atoms with Crippen LogP contribution in [0.25, 0.3) is 10.9 Å². The summed E-state index contributed by atoms with van der Waals surface area (Å²) in [6, 6.07) is 9.62. The molecule has 1 aromatic heterocycles. The number of phenols is 1. The first-order valence-electron chi connectivity index (χ1n) is 7.34. The summed E-state index contributed by atoms with van der Waals surface area (Å²) in [6.45, 7) is 4.46. The Balaban J connectivity index is 2.22. The van der Waals surface area contributed by atoms with E-state index >= 15 is 0 Å². The van der Waals surface area contributed by atoms with Gasteiger partial charge in [0.25, 0.3) is 0 Å². The van der Waals surface area contributed by atoms with Crippen molar-refractivity contribution < 1.29 is 5.11 Å².